The zero-order valence-corrected chi connectivity index (χ0v) is 13.7. The van der Waals surface area contributed by atoms with Crippen molar-refractivity contribution in [1.82, 2.24) is 0 Å². The first kappa shape index (κ1) is 14.3. The predicted molar refractivity (Wildman–Crippen MR) is 78.9 cm³/mol. The van der Waals surface area contributed by atoms with Gasteiger partial charge in [-0.05, 0) is 31.4 Å². The number of ether oxygens (including phenoxy) is 1. The summed E-state index contributed by atoms with van der Waals surface area (Å²) in [6, 6.07) is 4.71. The normalized spacial score (nSPS) is 25.6. The van der Waals surface area contributed by atoms with Crippen molar-refractivity contribution in [2.24, 2.45) is 5.41 Å². The number of halogens is 3. The molecule has 1 aliphatic rings. The van der Waals surface area contributed by atoms with Gasteiger partial charge < -0.3 is 4.74 Å². The third-order valence-electron chi connectivity index (χ3n) is 4.12. The van der Waals surface area contributed by atoms with E-state index >= 15 is 0 Å². The van der Waals surface area contributed by atoms with Gasteiger partial charge in [0.25, 0.3) is 0 Å². The smallest absolute Gasteiger partial charge is 0.128 e. The van der Waals surface area contributed by atoms with Crippen LogP contribution in [0.25, 0.3) is 0 Å². The maximum absolute atomic E-state index is 13.3. The van der Waals surface area contributed by atoms with E-state index in [1.165, 1.54) is 12.1 Å². The van der Waals surface area contributed by atoms with Gasteiger partial charge in [0, 0.05) is 20.8 Å². The second kappa shape index (κ2) is 5.49. The Kier molecular flexibility index (Phi) is 4.37. The summed E-state index contributed by atoms with van der Waals surface area (Å²) in [6.07, 6.45) is 3.29. The number of benzene rings is 1. The molecule has 0 spiro atoms. The van der Waals surface area contributed by atoms with E-state index in [4.69, 9.17) is 4.74 Å². The summed E-state index contributed by atoms with van der Waals surface area (Å²) in [4.78, 5) is 0.502. The first-order chi connectivity index (χ1) is 8.51. The van der Waals surface area contributed by atoms with E-state index in [9.17, 15) is 4.39 Å². The zero-order chi connectivity index (χ0) is 13.3. The van der Waals surface area contributed by atoms with Crippen LogP contribution in [0.3, 0.4) is 0 Å². The molecule has 0 radical (unpaired) electrons. The van der Waals surface area contributed by atoms with E-state index in [0.29, 0.717) is 15.0 Å². The van der Waals surface area contributed by atoms with E-state index in [1.54, 1.807) is 0 Å². The zero-order valence-electron chi connectivity index (χ0n) is 10.6. The number of alkyl halides is 1. The van der Waals surface area contributed by atoms with Crippen molar-refractivity contribution < 1.29 is 9.13 Å². The van der Waals surface area contributed by atoms with Crippen LogP contribution in [0.1, 0.15) is 33.1 Å². The summed E-state index contributed by atoms with van der Waals surface area (Å²) >= 11 is 7.01. The van der Waals surface area contributed by atoms with Gasteiger partial charge in [0.15, 0.2) is 0 Å². The molecule has 0 aliphatic heterocycles. The van der Waals surface area contributed by atoms with Crippen LogP contribution < -0.4 is 4.74 Å². The number of hydrogen-bond acceptors (Lipinski definition) is 1. The van der Waals surface area contributed by atoms with Crippen molar-refractivity contribution in [3.63, 3.8) is 0 Å². The highest BCUT2D eigenvalue weighted by atomic mass is 79.9. The quantitative estimate of drug-likeness (QED) is 0.644. The summed E-state index contributed by atoms with van der Waals surface area (Å²) in [6.45, 7) is 4.38. The molecule has 1 fully saturated rings. The van der Waals surface area contributed by atoms with Crippen LogP contribution in [-0.2, 0) is 0 Å². The molecule has 0 aromatic heterocycles. The lowest BCUT2D eigenvalue weighted by atomic mass is 9.62. The molecule has 100 valence electrons. The molecule has 1 nitrogen and oxygen atoms in total. The molecule has 1 aromatic rings. The van der Waals surface area contributed by atoms with Gasteiger partial charge in [0.2, 0.25) is 0 Å². The Bertz CT molecular complexity index is 412. The van der Waals surface area contributed by atoms with Gasteiger partial charge >= 0.3 is 0 Å². The second-order valence-corrected chi connectivity index (χ2v) is 6.88. The number of hydrogen-bond donors (Lipinski definition) is 0. The summed E-state index contributed by atoms with van der Waals surface area (Å²) in [5, 5.41) is 0. The fraction of sp³-hybridized carbons (Fsp3) is 0.571. The molecule has 4 heteroatoms. The first-order valence-corrected chi connectivity index (χ1v) is 7.99. The third kappa shape index (κ3) is 2.46. The molecule has 0 N–H and O–H groups in total. The lowest BCUT2D eigenvalue weighted by Gasteiger charge is -2.52. The fourth-order valence-corrected chi connectivity index (χ4v) is 4.50. The molecule has 2 rings (SSSR count). The van der Waals surface area contributed by atoms with Crippen LogP contribution in [-0.4, -0.2) is 10.9 Å². The van der Waals surface area contributed by atoms with Crippen LogP contribution >= 0.6 is 31.9 Å². The maximum atomic E-state index is 13.3. The first-order valence-electron chi connectivity index (χ1n) is 6.28. The van der Waals surface area contributed by atoms with E-state index < -0.39 is 0 Å². The summed E-state index contributed by atoms with van der Waals surface area (Å²) in [5.74, 6) is 0.338. The van der Waals surface area contributed by atoms with E-state index in [1.807, 2.05) is 6.07 Å². The Morgan fingerprint density at radius 1 is 1.33 bits per heavy atom. The van der Waals surface area contributed by atoms with Gasteiger partial charge in [0.1, 0.15) is 17.7 Å². The van der Waals surface area contributed by atoms with Gasteiger partial charge in [-0.1, -0.05) is 45.7 Å². The molecule has 1 aromatic carbocycles. The summed E-state index contributed by atoms with van der Waals surface area (Å²) in [7, 11) is 0. The van der Waals surface area contributed by atoms with Gasteiger partial charge in [-0.25, -0.2) is 4.39 Å². The Labute approximate surface area is 124 Å². The highest BCUT2D eigenvalue weighted by molar-refractivity contribution is 9.10. The van der Waals surface area contributed by atoms with E-state index in [2.05, 4.69) is 45.7 Å². The third-order valence-corrected chi connectivity index (χ3v) is 5.86. The molecule has 0 amide bonds. The molecule has 18 heavy (non-hydrogen) atoms. The Morgan fingerprint density at radius 3 is 2.50 bits per heavy atom. The van der Waals surface area contributed by atoms with Crippen molar-refractivity contribution in [3.05, 3.63) is 28.5 Å². The molecule has 1 aliphatic carbocycles. The van der Waals surface area contributed by atoms with Crippen LogP contribution in [0.5, 0.6) is 5.75 Å². The fourth-order valence-electron chi connectivity index (χ4n) is 2.77. The summed E-state index contributed by atoms with van der Waals surface area (Å²) in [5.41, 5.74) is 0.179. The van der Waals surface area contributed by atoms with Crippen molar-refractivity contribution in [2.75, 3.05) is 0 Å². The van der Waals surface area contributed by atoms with Gasteiger partial charge in [-0.3, -0.25) is 0 Å². The minimum Gasteiger partial charge on any atom is -0.490 e. The van der Waals surface area contributed by atoms with Crippen LogP contribution in [0.2, 0.25) is 0 Å². The van der Waals surface area contributed by atoms with Crippen molar-refractivity contribution in [2.45, 2.75) is 44.0 Å². The molecule has 0 saturated heterocycles. The largest absolute Gasteiger partial charge is 0.490 e. The average molecular weight is 380 g/mol. The molecule has 1 saturated carbocycles. The van der Waals surface area contributed by atoms with Crippen molar-refractivity contribution >= 4 is 31.9 Å². The Morgan fingerprint density at radius 2 is 2.00 bits per heavy atom. The molecular weight excluding hydrogens is 363 g/mol. The van der Waals surface area contributed by atoms with Crippen LogP contribution in [0, 0.1) is 11.2 Å². The minimum absolute atomic E-state index is 0.172. The van der Waals surface area contributed by atoms with Gasteiger partial charge in [-0.2, -0.15) is 0 Å². The standard InChI is InChI=1S/C14H17Br2FO/c1-3-14(4-2)12(16)8-13(14)18-11-6-9(15)5-10(17)7-11/h5-7,12-13H,3-4,8H2,1-2H3. The summed E-state index contributed by atoms with van der Waals surface area (Å²) < 4.78 is 20.0. The highest BCUT2D eigenvalue weighted by Crippen LogP contribution is 2.52. The molecule has 0 heterocycles. The van der Waals surface area contributed by atoms with E-state index in [0.717, 1.165) is 19.3 Å². The van der Waals surface area contributed by atoms with Gasteiger partial charge in [0.05, 0.1) is 0 Å². The van der Waals surface area contributed by atoms with E-state index in [-0.39, 0.29) is 17.3 Å². The van der Waals surface area contributed by atoms with Crippen LogP contribution in [0.15, 0.2) is 22.7 Å². The highest BCUT2D eigenvalue weighted by Gasteiger charge is 2.53. The lowest BCUT2D eigenvalue weighted by molar-refractivity contribution is -0.0412. The van der Waals surface area contributed by atoms with Crippen molar-refractivity contribution in [3.8, 4) is 5.75 Å². The second-order valence-electron chi connectivity index (χ2n) is 4.86. The topological polar surface area (TPSA) is 9.23 Å². The minimum atomic E-state index is -0.271. The maximum Gasteiger partial charge on any atom is 0.128 e. The average Bonchev–Trinajstić information content (AvgIpc) is 2.29. The molecule has 0 bridgehead atoms. The SMILES string of the molecule is CCC1(CC)C(Br)CC1Oc1cc(F)cc(Br)c1. The molecular formula is C14H17Br2FO. The van der Waals surface area contributed by atoms with Crippen molar-refractivity contribution in [1.29, 1.82) is 0 Å². The number of rotatable bonds is 4. The van der Waals surface area contributed by atoms with Gasteiger partial charge in [-0.15, -0.1) is 0 Å². The Hall–Kier alpha value is -0.0900. The van der Waals surface area contributed by atoms with Crippen LogP contribution in [0.4, 0.5) is 4.39 Å². The lowest BCUT2D eigenvalue weighted by Crippen LogP contribution is -2.56. The molecule has 2 unspecified atom stereocenters. The predicted octanol–water partition coefficient (Wildman–Crippen LogP) is 5.31. The molecule has 2 atom stereocenters. The Balaban J connectivity index is 2.15. The monoisotopic (exact) mass is 378 g/mol.